The molecule has 2 unspecified atom stereocenters. The van der Waals surface area contributed by atoms with E-state index in [0.29, 0.717) is 12.1 Å². The fraction of sp³-hybridized carbons (Fsp3) is 0.944. The fourth-order valence-corrected chi connectivity index (χ4v) is 3.74. The second-order valence-corrected chi connectivity index (χ2v) is 7.50. The van der Waals surface area contributed by atoms with Crippen molar-refractivity contribution in [2.75, 3.05) is 33.4 Å². The van der Waals surface area contributed by atoms with Crippen LogP contribution in [0.4, 0.5) is 0 Å². The van der Waals surface area contributed by atoms with Gasteiger partial charge in [0.1, 0.15) is 0 Å². The quantitative estimate of drug-likeness (QED) is 0.395. The molecule has 0 aromatic carbocycles. The summed E-state index contributed by atoms with van der Waals surface area (Å²) in [6.07, 6.45) is 3.61. The van der Waals surface area contributed by atoms with Gasteiger partial charge in [-0.2, -0.15) is 0 Å². The first-order valence-electron chi connectivity index (χ1n) is 9.10. The third-order valence-electron chi connectivity index (χ3n) is 6.03. The molecule has 24 heavy (non-hydrogen) atoms. The summed E-state index contributed by atoms with van der Waals surface area (Å²) in [5, 5.41) is 3.71. The Labute approximate surface area is 165 Å². The molecule has 0 aromatic heterocycles. The summed E-state index contributed by atoms with van der Waals surface area (Å²) in [5.41, 5.74) is 0.0455. The van der Waals surface area contributed by atoms with E-state index in [1.165, 1.54) is 0 Å². The normalized spacial score (nSPS) is 30.5. The molecule has 1 aliphatic heterocycles. The van der Waals surface area contributed by atoms with Crippen LogP contribution in [0.15, 0.2) is 4.99 Å². The van der Waals surface area contributed by atoms with Gasteiger partial charge >= 0.3 is 0 Å². The van der Waals surface area contributed by atoms with Gasteiger partial charge in [-0.1, -0.05) is 13.8 Å². The second kappa shape index (κ2) is 9.03. The maximum absolute atomic E-state index is 5.76. The maximum Gasteiger partial charge on any atom is 0.194 e. The van der Waals surface area contributed by atoms with E-state index in [4.69, 9.17) is 14.5 Å². The van der Waals surface area contributed by atoms with Crippen LogP contribution < -0.4 is 5.32 Å². The highest BCUT2D eigenvalue weighted by atomic mass is 127. The zero-order valence-electron chi connectivity index (χ0n) is 16.2. The highest BCUT2D eigenvalue weighted by Gasteiger charge is 2.58. The van der Waals surface area contributed by atoms with Gasteiger partial charge in [0, 0.05) is 44.8 Å². The maximum atomic E-state index is 5.76. The standard InChI is InChI=1S/C18H35N3O2.HI/c1-7-19-16(21-11-9-14(10-12-21)23-8-2)20-15-13-18(5,22-6)17(15,3)4;/h14-15H,7-13H2,1-6H3,(H,19,20);1H. The smallest absolute Gasteiger partial charge is 0.194 e. The van der Waals surface area contributed by atoms with Crippen molar-refractivity contribution in [3.05, 3.63) is 0 Å². The van der Waals surface area contributed by atoms with Crippen molar-refractivity contribution in [3.8, 4) is 0 Å². The highest BCUT2D eigenvalue weighted by molar-refractivity contribution is 14.0. The predicted octanol–water partition coefficient (Wildman–Crippen LogP) is 3.27. The van der Waals surface area contributed by atoms with Gasteiger partial charge in [-0.25, -0.2) is 0 Å². The molecule has 1 aliphatic carbocycles. The molecule has 1 saturated heterocycles. The van der Waals surface area contributed by atoms with Crippen LogP contribution in [-0.4, -0.2) is 62.0 Å². The van der Waals surface area contributed by atoms with Gasteiger partial charge < -0.3 is 19.7 Å². The molecule has 2 aliphatic rings. The summed E-state index contributed by atoms with van der Waals surface area (Å²) in [7, 11) is 1.82. The van der Waals surface area contributed by atoms with Crippen LogP contribution in [0.25, 0.3) is 0 Å². The molecule has 0 amide bonds. The first-order valence-corrected chi connectivity index (χ1v) is 9.10. The van der Waals surface area contributed by atoms with E-state index in [-0.39, 0.29) is 35.0 Å². The number of piperidine rings is 1. The van der Waals surface area contributed by atoms with E-state index >= 15 is 0 Å². The molecule has 1 heterocycles. The Bertz CT molecular complexity index is 422. The number of nitrogens with zero attached hydrogens (tertiary/aromatic N) is 2. The predicted molar refractivity (Wildman–Crippen MR) is 110 cm³/mol. The summed E-state index contributed by atoms with van der Waals surface area (Å²) in [4.78, 5) is 7.12. The molecular weight excluding hydrogens is 417 g/mol. The van der Waals surface area contributed by atoms with Crippen LogP contribution in [0.2, 0.25) is 0 Å². The lowest BCUT2D eigenvalue weighted by atomic mass is 9.56. The molecule has 0 radical (unpaired) electrons. The minimum Gasteiger partial charge on any atom is -0.378 e. The Kier molecular flexibility index (Phi) is 8.26. The minimum absolute atomic E-state index is 0. The number of ether oxygens (including phenoxy) is 2. The average molecular weight is 453 g/mol. The zero-order valence-corrected chi connectivity index (χ0v) is 18.6. The van der Waals surface area contributed by atoms with Gasteiger partial charge in [0.2, 0.25) is 0 Å². The number of hydrogen-bond donors (Lipinski definition) is 1. The number of methoxy groups -OCH3 is 1. The average Bonchev–Trinajstić information content (AvgIpc) is 2.54. The second-order valence-electron chi connectivity index (χ2n) is 7.50. The van der Waals surface area contributed by atoms with Crippen LogP contribution in [0.1, 0.15) is 53.9 Å². The Morgan fingerprint density at radius 3 is 2.29 bits per heavy atom. The van der Waals surface area contributed by atoms with Crippen LogP contribution in [0.5, 0.6) is 0 Å². The summed E-state index contributed by atoms with van der Waals surface area (Å²) in [6, 6.07) is 0.405. The minimum atomic E-state index is -0.0516. The van der Waals surface area contributed by atoms with E-state index in [2.05, 4.69) is 44.8 Å². The number of hydrogen-bond acceptors (Lipinski definition) is 3. The Morgan fingerprint density at radius 1 is 1.21 bits per heavy atom. The van der Waals surface area contributed by atoms with Crippen LogP contribution >= 0.6 is 24.0 Å². The lowest BCUT2D eigenvalue weighted by Gasteiger charge is -2.59. The SMILES string of the molecule is CCN=C(NC1CC(C)(OC)C1(C)C)N1CCC(OCC)CC1.I. The van der Waals surface area contributed by atoms with Gasteiger partial charge in [0.15, 0.2) is 5.96 Å². The molecule has 5 nitrogen and oxygen atoms in total. The molecule has 0 spiro atoms. The van der Waals surface area contributed by atoms with Crippen molar-refractivity contribution < 1.29 is 9.47 Å². The lowest BCUT2D eigenvalue weighted by Crippen LogP contribution is -2.69. The largest absolute Gasteiger partial charge is 0.378 e. The molecule has 2 atom stereocenters. The van der Waals surface area contributed by atoms with E-state index < -0.39 is 0 Å². The summed E-state index contributed by atoms with van der Waals surface area (Å²) < 4.78 is 11.5. The molecule has 1 N–H and O–H groups in total. The molecule has 0 aromatic rings. The van der Waals surface area contributed by atoms with Gasteiger partial charge in [-0.3, -0.25) is 4.99 Å². The first-order chi connectivity index (χ1) is 10.9. The van der Waals surface area contributed by atoms with Gasteiger partial charge in [-0.15, -0.1) is 24.0 Å². The molecular formula is C18H36IN3O2. The molecule has 2 fully saturated rings. The molecule has 6 heteroatoms. The highest BCUT2D eigenvalue weighted by Crippen LogP contribution is 2.51. The number of aliphatic imine (C=N–C) groups is 1. The number of rotatable bonds is 5. The molecule has 142 valence electrons. The van der Waals surface area contributed by atoms with Gasteiger partial charge in [0.25, 0.3) is 0 Å². The monoisotopic (exact) mass is 453 g/mol. The Balaban J connectivity index is 0.00000288. The fourth-order valence-electron chi connectivity index (χ4n) is 3.74. The third-order valence-corrected chi connectivity index (χ3v) is 6.03. The zero-order chi connectivity index (χ0) is 17.1. The summed E-state index contributed by atoms with van der Waals surface area (Å²) >= 11 is 0. The van der Waals surface area contributed by atoms with Crippen LogP contribution in [-0.2, 0) is 9.47 Å². The molecule has 1 saturated carbocycles. The topological polar surface area (TPSA) is 46.1 Å². The van der Waals surface area contributed by atoms with E-state index in [1.54, 1.807) is 0 Å². The van der Waals surface area contributed by atoms with E-state index in [9.17, 15) is 0 Å². The van der Waals surface area contributed by atoms with Crippen LogP contribution in [0, 0.1) is 5.41 Å². The molecule has 0 bridgehead atoms. The summed E-state index contributed by atoms with van der Waals surface area (Å²) in [5.74, 6) is 1.05. The Hall–Kier alpha value is -0.0800. The van der Waals surface area contributed by atoms with Crippen molar-refractivity contribution in [3.63, 3.8) is 0 Å². The van der Waals surface area contributed by atoms with Crippen molar-refractivity contribution in [1.82, 2.24) is 10.2 Å². The lowest BCUT2D eigenvalue weighted by molar-refractivity contribution is -0.177. The number of guanidine groups is 1. The van der Waals surface area contributed by atoms with Crippen molar-refractivity contribution in [2.24, 2.45) is 10.4 Å². The summed E-state index contributed by atoms with van der Waals surface area (Å²) in [6.45, 7) is 14.6. The number of likely N-dealkylation sites (tertiary alicyclic amines) is 1. The third kappa shape index (κ3) is 4.36. The Morgan fingerprint density at radius 2 is 1.83 bits per heavy atom. The van der Waals surface area contributed by atoms with Gasteiger partial charge in [-0.05, 0) is 40.0 Å². The van der Waals surface area contributed by atoms with E-state index in [1.807, 2.05) is 7.11 Å². The van der Waals surface area contributed by atoms with Crippen molar-refractivity contribution in [2.45, 2.75) is 71.6 Å². The number of nitrogens with one attached hydrogen (secondary N) is 1. The first kappa shape index (κ1) is 22.0. The van der Waals surface area contributed by atoms with Gasteiger partial charge in [0.05, 0.1) is 11.7 Å². The van der Waals surface area contributed by atoms with E-state index in [0.717, 1.165) is 51.5 Å². The molecule has 2 rings (SSSR count). The number of halogens is 1. The van der Waals surface area contributed by atoms with Crippen molar-refractivity contribution >= 4 is 29.9 Å². The van der Waals surface area contributed by atoms with Crippen molar-refractivity contribution in [1.29, 1.82) is 0 Å². The van der Waals surface area contributed by atoms with Crippen LogP contribution in [0.3, 0.4) is 0 Å².